The summed E-state index contributed by atoms with van der Waals surface area (Å²) in [6.07, 6.45) is 0. The molecule has 0 heterocycles. The summed E-state index contributed by atoms with van der Waals surface area (Å²) in [6, 6.07) is 22.4. The first-order valence-corrected chi connectivity index (χ1v) is 11.6. The number of nitriles is 1. The van der Waals surface area contributed by atoms with E-state index in [-0.39, 0.29) is 21.4 Å². The van der Waals surface area contributed by atoms with Crippen molar-refractivity contribution in [3.05, 3.63) is 105 Å². The van der Waals surface area contributed by atoms with Gasteiger partial charge in [-0.15, -0.1) is 11.8 Å². The van der Waals surface area contributed by atoms with Crippen molar-refractivity contribution in [3.63, 3.8) is 0 Å². The van der Waals surface area contributed by atoms with E-state index in [9.17, 15) is 18.1 Å². The van der Waals surface area contributed by atoms with Crippen molar-refractivity contribution < 1.29 is 12.8 Å². The zero-order valence-corrected chi connectivity index (χ0v) is 17.9. The van der Waals surface area contributed by atoms with E-state index in [4.69, 9.17) is 11.6 Å². The zero-order valence-electron chi connectivity index (χ0n) is 15.5. The van der Waals surface area contributed by atoms with Crippen molar-refractivity contribution in [2.75, 3.05) is 5.32 Å². The number of allylic oxidation sites excluding steroid dienone is 1. The fourth-order valence-electron chi connectivity index (χ4n) is 2.56. The Morgan fingerprint density at radius 2 is 1.63 bits per heavy atom. The predicted molar refractivity (Wildman–Crippen MR) is 119 cm³/mol. The molecule has 0 amide bonds. The lowest BCUT2D eigenvalue weighted by Gasteiger charge is -2.15. The first-order valence-electron chi connectivity index (χ1n) is 8.75. The standard InChI is InChI=1S/C22H16ClFN2O2S2/c23-18-11-5-4-8-16(18)15-29-22(26-20-13-7-6-12-19(20)24)21(14-25)30(27,28)17-9-2-1-3-10-17/h1-13,26H,15H2/b22-21+. The van der Waals surface area contributed by atoms with Gasteiger partial charge < -0.3 is 5.32 Å². The second-order valence-corrected chi connectivity index (χ2v) is 9.35. The van der Waals surface area contributed by atoms with Crippen molar-refractivity contribution in [2.24, 2.45) is 0 Å². The van der Waals surface area contributed by atoms with E-state index in [0.29, 0.717) is 5.02 Å². The average molecular weight is 459 g/mol. The maximum absolute atomic E-state index is 14.2. The Labute approximate surface area is 183 Å². The van der Waals surface area contributed by atoms with Crippen LogP contribution in [0.3, 0.4) is 0 Å². The van der Waals surface area contributed by atoms with Crippen molar-refractivity contribution in [3.8, 4) is 6.07 Å². The molecular formula is C22H16ClFN2O2S2. The minimum Gasteiger partial charge on any atom is -0.346 e. The molecule has 0 aliphatic heterocycles. The van der Waals surface area contributed by atoms with Gasteiger partial charge in [0.15, 0.2) is 4.91 Å². The Kier molecular flexibility index (Phi) is 7.16. The summed E-state index contributed by atoms with van der Waals surface area (Å²) in [5, 5.41) is 13.1. The van der Waals surface area contributed by atoms with Gasteiger partial charge in [0.25, 0.3) is 0 Å². The first-order chi connectivity index (χ1) is 14.4. The summed E-state index contributed by atoms with van der Waals surface area (Å²) >= 11 is 7.26. The molecule has 1 N–H and O–H groups in total. The number of hydrogen-bond donors (Lipinski definition) is 1. The van der Waals surface area contributed by atoms with Gasteiger partial charge in [0.2, 0.25) is 9.84 Å². The van der Waals surface area contributed by atoms with Gasteiger partial charge in [0.05, 0.1) is 10.6 Å². The number of nitrogens with zero attached hydrogens (tertiary/aromatic N) is 1. The van der Waals surface area contributed by atoms with Gasteiger partial charge in [-0.3, -0.25) is 0 Å². The van der Waals surface area contributed by atoms with E-state index in [1.54, 1.807) is 54.6 Å². The molecule has 0 spiro atoms. The summed E-state index contributed by atoms with van der Waals surface area (Å²) in [6.45, 7) is 0. The molecule has 0 radical (unpaired) electrons. The molecule has 0 unspecified atom stereocenters. The summed E-state index contributed by atoms with van der Waals surface area (Å²) in [5.41, 5.74) is 0.821. The third-order valence-electron chi connectivity index (χ3n) is 4.08. The lowest BCUT2D eigenvalue weighted by molar-refractivity contribution is 0.603. The van der Waals surface area contributed by atoms with Gasteiger partial charge in [0, 0.05) is 10.8 Å². The molecule has 0 aliphatic rings. The van der Waals surface area contributed by atoms with E-state index in [2.05, 4.69) is 5.32 Å². The fraction of sp³-hybridized carbons (Fsp3) is 0.0455. The molecule has 0 aromatic heterocycles. The number of para-hydroxylation sites is 1. The van der Waals surface area contributed by atoms with Gasteiger partial charge in [0.1, 0.15) is 16.9 Å². The van der Waals surface area contributed by atoms with Crippen LogP contribution in [0.15, 0.2) is 93.7 Å². The van der Waals surface area contributed by atoms with Crippen molar-refractivity contribution in [1.82, 2.24) is 0 Å². The van der Waals surface area contributed by atoms with Crippen LogP contribution in [0.25, 0.3) is 0 Å². The maximum Gasteiger partial charge on any atom is 0.219 e. The van der Waals surface area contributed by atoms with Gasteiger partial charge in [-0.2, -0.15) is 5.26 Å². The van der Waals surface area contributed by atoms with Crippen LogP contribution in [0.4, 0.5) is 10.1 Å². The number of sulfone groups is 1. The van der Waals surface area contributed by atoms with Gasteiger partial charge >= 0.3 is 0 Å². The third-order valence-corrected chi connectivity index (χ3v) is 7.36. The molecule has 0 atom stereocenters. The number of hydrogen-bond acceptors (Lipinski definition) is 5. The lowest BCUT2D eigenvalue weighted by atomic mass is 10.2. The number of rotatable bonds is 7. The third kappa shape index (κ3) is 5.03. The number of anilines is 1. The Bertz CT molecular complexity index is 1220. The van der Waals surface area contributed by atoms with Crippen LogP contribution in [0, 0.1) is 17.1 Å². The number of thioether (sulfide) groups is 1. The normalized spacial score (nSPS) is 12.0. The molecule has 3 rings (SSSR count). The molecule has 30 heavy (non-hydrogen) atoms. The highest BCUT2D eigenvalue weighted by atomic mass is 35.5. The highest BCUT2D eigenvalue weighted by Gasteiger charge is 2.26. The van der Waals surface area contributed by atoms with E-state index < -0.39 is 20.6 Å². The quantitative estimate of drug-likeness (QED) is 0.440. The van der Waals surface area contributed by atoms with Gasteiger partial charge in [-0.1, -0.05) is 60.1 Å². The lowest BCUT2D eigenvalue weighted by Crippen LogP contribution is -2.11. The molecule has 0 saturated carbocycles. The number of halogens is 2. The summed E-state index contributed by atoms with van der Waals surface area (Å²) in [5.74, 6) is -0.283. The monoisotopic (exact) mass is 458 g/mol. The largest absolute Gasteiger partial charge is 0.346 e. The summed E-state index contributed by atoms with van der Waals surface area (Å²) < 4.78 is 40.4. The smallest absolute Gasteiger partial charge is 0.219 e. The van der Waals surface area contributed by atoms with Gasteiger partial charge in [-0.25, -0.2) is 12.8 Å². The fourth-order valence-corrected chi connectivity index (χ4v) is 5.42. The van der Waals surface area contributed by atoms with Crippen molar-refractivity contribution in [1.29, 1.82) is 5.26 Å². The van der Waals surface area contributed by atoms with E-state index >= 15 is 0 Å². The van der Waals surface area contributed by atoms with E-state index in [0.717, 1.165) is 17.3 Å². The second-order valence-electron chi connectivity index (χ2n) is 6.07. The Morgan fingerprint density at radius 3 is 2.30 bits per heavy atom. The van der Waals surface area contributed by atoms with E-state index in [1.165, 1.54) is 30.3 Å². The van der Waals surface area contributed by atoms with Gasteiger partial charge in [-0.05, 0) is 35.9 Å². The second kappa shape index (κ2) is 9.81. The van der Waals surface area contributed by atoms with Crippen LogP contribution in [0.1, 0.15) is 5.56 Å². The van der Waals surface area contributed by atoms with E-state index in [1.807, 2.05) is 0 Å². The molecule has 4 nitrogen and oxygen atoms in total. The maximum atomic E-state index is 14.2. The first kappa shape index (κ1) is 21.9. The predicted octanol–water partition coefficient (Wildman–Crippen LogP) is 5.99. The van der Waals surface area contributed by atoms with Crippen LogP contribution in [-0.4, -0.2) is 8.42 Å². The van der Waals surface area contributed by atoms with Crippen LogP contribution < -0.4 is 5.32 Å². The van der Waals surface area contributed by atoms with Crippen LogP contribution in [-0.2, 0) is 15.6 Å². The van der Waals surface area contributed by atoms with Crippen molar-refractivity contribution in [2.45, 2.75) is 10.6 Å². The number of nitrogens with one attached hydrogen (secondary N) is 1. The molecule has 0 aliphatic carbocycles. The van der Waals surface area contributed by atoms with Crippen molar-refractivity contribution >= 4 is 38.9 Å². The Hall–Kier alpha value is -2.79. The molecule has 152 valence electrons. The number of benzene rings is 3. The SMILES string of the molecule is N#C/C(=C(/Nc1ccccc1F)SCc1ccccc1Cl)S(=O)(=O)c1ccccc1. The topological polar surface area (TPSA) is 70.0 Å². The molecule has 3 aromatic rings. The Morgan fingerprint density at radius 1 is 1.00 bits per heavy atom. The Balaban J connectivity index is 2.07. The minimum absolute atomic E-state index is 0.0198. The molecular weight excluding hydrogens is 443 g/mol. The summed E-state index contributed by atoms with van der Waals surface area (Å²) in [4.78, 5) is -0.512. The average Bonchev–Trinajstić information content (AvgIpc) is 2.75. The molecule has 0 bridgehead atoms. The minimum atomic E-state index is -4.12. The molecule has 8 heteroatoms. The molecule has 3 aromatic carbocycles. The van der Waals surface area contributed by atoms with Crippen LogP contribution in [0.2, 0.25) is 5.02 Å². The highest BCUT2D eigenvalue weighted by Crippen LogP contribution is 2.33. The van der Waals surface area contributed by atoms with Crippen LogP contribution >= 0.6 is 23.4 Å². The summed E-state index contributed by atoms with van der Waals surface area (Å²) in [7, 11) is -4.12. The zero-order chi connectivity index (χ0) is 21.6. The van der Waals surface area contributed by atoms with Crippen LogP contribution in [0.5, 0.6) is 0 Å². The highest BCUT2D eigenvalue weighted by molar-refractivity contribution is 8.04. The molecule has 0 fully saturated rings. The molecule has 0 saturated heterocycles.